The highest BCUT2D eigenvalue weighted by Gasteiger charge is 2.21. The number of carbonyl (C=O) groups excluding carboxylic acids is 1. The van der Waals surface area contributed by atoms with Gasteiger partial charge < -0.3 is 9.80 Å². The Morgan fingerprint density at radius 3 is 2.47 bits per heavy atom. The number of hydrogen-bond acceptors (Lipinski definition) is 4. The van der Waals surface area contributed by atoms with Crippen LogP contribution in [-0.4, -0.2) is 57.7 Å². The van der Waals surface area contributed by atoms with Crippen molar-refractivity contribution in [3.05, 3.63) is 76.9 Å². The van der Waals surface area contributed by atoms with Gasteiger partial charge in [-0.25, -0.2) is 4.68 Å². The summed E-state index contributed by atoms with van der Waals surface area (Å²) in [6, 6.07) is 12.1. The summed E-state index contributed by atoms with van der Waals surface area (Å²) in [4.78, 5) is 21.5. The molecular formula is C24H31N5O. The van der Waals surface area contributed by atoms with Gasteiger partial charge in [-0.1, -0.05) is 24.3 Å². The van der Waals surface area contributed by atoms with Gasteiger partial charge in [0.15, 0.2) is 0 Å². The van der Waals surface area contributed by atoms with Crippen LogP contribution in [0.4, 0.5) is 0 Å². The van der Waals surface area contributed by atoms with E-state index in [0.29, 0.717) is 19.5 Å². The molecule has 6 nitrogen and oxygen atoms in total. The fraction of sp³-hybridized carbons (Fsp3) is 0.375. The van der Waals surface area contributed by atoms with Crippen LogP contribution in [0.25, 0.3) is 5.69 Å². The van der Waals surface area contributed by atoms with Gasteiger partial charge >= 0.3 is 0 Å². The Morgan fingerprint density at radius 2 is 1.80 bits per heavy atom. The lowest BCUT2D eigenvalue weighted by Gasteiger charge is -2.24. The molecule has 0 aliphatic rings. The average molecular weight is 406 g/mol. The molecule has 30 heavy (non-hydrogen) atoms. The number of aromatic nitrogens is 3. The molecule has 3 aromatic rings. The van der Waals surface area contributed by atoms with Gasteiger partial charge in [0.1, 0.15) is 0 Å². The van der Waals surface area contributed by atoms with Crippen LogP contribution in [0.5, 0.6) is 0 Å². The Labute approximate surface area is 179 Å². The van der Waals surface area contributed by atoms with Gasteiger partial charge in [0.25, 0.3) is 0 Å². The molecule has 0 aliphatic carbocycles. The Morgan fingerprint density at radius 1 is 1.03 bits per heavy atom. The zero-order valence-electron chi connectivity index (χ0n) is 18.6. The van der Waals surface area contributed by atoms with Gasteiger partial charge in [-0.2, -0.15) is 5.10 Å². The van der Waals surface area contributed by atoms with Gasteiger partial charge in [-0.15, -0.1) is 0 Å². The lowest BCUT2D eigenvalue weighted by Crippen LogP contribution is -2.37. The first-order valence-corrected chi connectivity index (χ1v) is 10.3. The molecule has 0 radical (unpaired) electrons. The number of hydrogen-bond donors (Lipinski definition) is 0. The molecule has 0 saturated heterocycles. The summed E-state index contributed by atoms with van der Waals surface area (Å²) in [5, 5.41) is 4.74. The third-order valence-corrected chi connectivity index (χ3v) is 5.38. The maximum absolute atomic E-state index is 13.3. The molecule has 1 amide bonds. The number of carbonyl (C=O) groups is 1. The summed E-state index contributed by atoms with van der Waals surface area (Å²) < 4.78 is 1.96. The number of aryl methyl sites for hydroxylation is 2. The van der Waals surface area contributed by atoms with Crippen molar-refractivity contribution in [1.82, 2.24) is 24.6 Å². The van der Waals surface area contributed by atoms with E-state index in [1.165, 1.54) is 0 Å². The van der Waals surface area contributed by atoms with Crippen molar-refractivity contribution in [1.29, 1.82) is 0 Å². The van der Waals surface area contributed by atoms with E-state index >= 15 is 0 Å². The molecule has 0 fully saturated rings. The normalized spacial score (nSPS) is 11.1. The number of nitrogens with zero attached hydrogens (tertiary/aromatic N) is 5. The first kappa shape index (κ1) is 21.7. The standard InChI is InChI=1S/C24H31N5O/c1-18-9-6-7-11-23(18)29-20(3)22(19(2)26-29)15-24(30)28(14-13-27(4)5)17-21-10-8-12-25-16-21/h6-12,16H,13-15,17H2,1-5H3. The van der Waals surface area contributed by atoms with Gasteiger partial charge in [0, 0.05) is 43.3 Å². The number of pyridine rings is 1. The smallest absolute Gasteiger partial charge is 0.227 e. The van der Waals surface area contributed by atoms with E-state index in [1.54, 1.807) is 6.20 Å². The first-order valence-electron chi connectivity index (χ1n) is 10.3. The van der Waals surface area contributed by atoms with E-state index < -0.39 is 0 Å². The molecule has 0 spiro atoms. The highest BCUT2D eigenvalue weighted by molar-refractivity contribution is 5.79. The van der Waals surface area contributed by atoms with Crippen molar-refractivity contribution < 1.29 is 4.79 Å². The molecule has 1 aromatic carbocycles. The fourth-order valence-electron chi connectivity index (χ4n) is 3.55. The lowest BCUT2D eigenvalue weighted by atomic mass is 10.1. The summed E-state index contributed by atoms with van der Waals surface area (Å²) in [6.45, 7) is 8.14. The second-order valence-electron chi connectivity index (χ2n) is 8.00. The zero-order valence-corrected chi connectivity index (χ0v) is 18.6. The van der Waals surface area contributed by atoms with Crippen LogP contribution in [0, 0.1) is 20.8 Å². The average Bonchev–Trinajstić information content (AvgIpc) is 3.00. The zero-order chi connectivity index (χ0) is 21.7. The van der Waals surface area contributed by atoms with Crippen LogP contribution < -0.4 is 0 Å². The minimum atomic E-state index is 0.108. The second kappa shape index (κ2) is 9.67. The van der Waals surface area contributed by atoms with E-state index in [9.17, 15) is 4.79 Å². The predicted octanol–water partition coefficient (Wildman–Crippen LogP) is 3.33. The third-order valence-electron chi connectivity index (χ3n) is 5.38. The van der Waals surface area contributed by atoms with Crippen LogP contribution >= 0.6 is 0 Å². The second-order valence-corrected chi connectivity index (χ2v) is 8.00. The summed E-state index contributed by atoms with van der Waals surface area (Å²) in [5.74, 6) is 0.108. The topological polar surface area (TPSA) is 54.3 Å². The van der Waals surface area contributed by atoms with Crippen molar-refractivity contribution >= 4 is 5.91 Å². The van der Waals surface area contributed by atoms with E-state index in [4.69, 9.17) is 5.10 Å². The highest BCUT2D eigenvalue weighted by atomic mass is 16.2. The third kappa shape index (κ3) is 5.13. The molecule has 158 valence electrons. The van der Waals surface area contributed by atoms with Crippen LogP contribution in [0.15, 0.2) is 48.8 Å². The summed E-state index contributed by atoms with van der Waals surface area (Å²) in [5.41, 5.74) is 6.17. The first-order chi connectivity index (χ1) is 14.4. The fourth-order valence-corrected chi connectivity index (χ4v) is 3.55. The molecule has 3 rings (SSSR count). The Hall–Kier alpha value is -2.99. The van der Waals surface area contributed by atoms with E-state index in [1.807, 2.05) is 68.0 Å². The molecule has 0 unspecified atom stereocenters. The van der Waals surface area contributed by atoms with Crippen molar-refractivity contribution in [2.24, 2.45) is 0 Å². The molecular weight excluding hydrogens is 374 g/mol. The molecule has 6 heteroatoms. The van der Waals surface area contributed by atoms with Crippen LogP contribution in [0.1, 0.15) is 28.1 Å². The minimum Gasteiger partial charge on any atom is -0.337 e. The van der Waals surface area contributed by atoms with Crippen molar-refractivity contribution in [3.63, 3.8) is 0 Å². The number of para-hydroxylation sites is 1. The largest absolute Gasteiger partial charge is 0.337 e. The summed E-state index contributed by atoms with van der Waals surface area (Å²) >= 11 is 0. The van der Waals surface area contributed by atoms with Gasteiger partial charge in [-0.3, -0.25) is 9.78 Å². The van der Waals surface area contributed by atoms with Crippen molar-refractivity contribution in [2.75, 3.05) is 27.2 Å². The monoisotopic (exact) mass is 405 g/mol. The molecule has 0 aliphatic heterocycles. The van der Waals surface area contributed by atoms with Crippen molar-refractivity contribution in [3.8, 4) is 5.69 Å². The van der Waals surface area contributed by atoms with E-state index in [0.717, 1.165) is 40.3 Å². The maximum atomic E-state index is 13.3. The quantitative estimate of drug-likeness (QED) is 0.577. The van der Waals surface area contributed by atoms with E-state index in [2.05, 4.69) is 28.9 Å². The predicted molar refractivity (Wildman–Crippen MR) is 120 cm³/mol. The highest BCUT2D eigenvalue weighted by Crippen LogP contribution is 2.21. The van der Waals surface area contributed by atoms with Crippen LogP contribution in [0.2, 0.25) is 0 Å². The molecule has 0 bridgehead atoms. The summed E-state index contributed by atoms with van der Waals surface area (Å²) in [7, 11) is 4.04. The molecule has 2 heterocycles. The number of likely N-dealkylation sites (N-methyl/N-ethyl adjacent to an activating group) is 1. The minimum absolute atomic E-state index is 0.108. The summed E-state index contributed by atoms with van der Waals surface area (Å²) in [6.07, 6.45) is 3.92. The van der Waals surface area contributed by atoms with Crippen LogP contribution in [-0.2, 0) is 17.8 Å². The lowest BCUT2D eigenvalue weighted by molar-refractivity contribution is -0.131. The molecule has 0 atom stereocenters. The molecule has 2 aromatic heterocycles. The van der Waals surface area contributed by atoms with Crippen LogP contribution in [0.3, 0.4) is 0 Å². The maximum Gasteiger partial charge on any atom is 0.227 e. The SMILES string of the molecule is Cc1ccccc1-n1nc(C)c(CC(=O)N(CCN(C)C)Cc2cccnc2)c1C. The Balaban J connectivity index is 1.83. The van der Waals surface area contributed by atoms with Crippen molar-refractivity contribution in [2.45, 2.75) is 33.7 Å². The Kier molecular flexibility index (Phi) is 7.00. The molecule has 0 saturated carbocycles. The van der Waals surface area contributed by atoms with Gasteiger partial charge in [0.05, 0.1) is 17.8 Å². The van der Waals surface area contributed by atoms with Gasteiger partial charge in [-0.05, 0) is 58.1 Å². The van der Waals surface area contributed by atoms with E-state index in [-0.39, 0.29) is 5.91 Å². The Bertz CT molecular complexity index is 994. The van der Waals surface area contributed by atoms with Gasteiger partial charge in [0.2, 0.25) is 5.91 Å². The number of rotatable bonds is 8. The molecule has 0 N–H and O–H groups in total. The number of amides is 1. The number of benzene rings is 1.